The quantitative estimate of drug-likeness (QED) is 0.732. The standard InChI is InChI=1S/C14H26N2/c1-10(2)12(4)16(5)14-8-11(3)6-7-13(14)9-15/h10-14H,6-8H2,1-5H3. The molecule has 2 heteroatoms. The summed E-state index contributed by atoms with van der Waals surface area (Å²) in [5.74, 6) is 1.67. The molecule has 0 heterocycles. The van der Waals surface area contributed by atoms with E-state index in [0.29, 0.717) is 18.0 Å². The molecule has 0 saturated heterocycles. The van der Waals surface area contributed by atoms with E-state index in [0.717, 1.165) is 12.3 Å². The molecule has 92 valence electrons. The maximum absolute atomic E-state index is 9.24. The van der Waals surface area contributed by atoms with Crippen molar-refractivity contribution in [2.45, 2.75) is 59.0 Å². The van der Waals surface area contributed by atoms with Crippen LogP contribution in [0.3, 0.4) is 0 Å². The second-order valence-corrected chi connectivity index (χ2v) is 5.87. The first-order valence-electron chi connectivity index (χ1n) is 6.58. The molecule has 0 radical (unpaired) electrons. The van der Waals surface area contributed by atoms with Gasteiger partial charge in [0, 0.05) is 12.1 Å². The Bertz CT molecular complexity index is 254. The van der Waals surface area contributed by atoms with Gasteiger partial charge in [-0.3, -0.25) is 4.90 Å². The summed E-state index contributed by atoms with van der Waals surface area (Å²) in [6.45, 7) is 9.11. The second kappa shape index (κ2) is 5.68. The van der Waals surface area contributed by atoms with E-state index >= 15 is 0 Å². The zero-order valence-electron chi connectivity index (χ0n) is 11.4. The fourth-order valence-corrected chi connectivity index (χ4v) is 2.72. The molecule has 0 aliphatic heterocycles. The van der Waals surface area contributed by atoms with Gasteiger partial charge in [-0.1, -0.05) is 20.8 Å². The Kier molecular flexibility index (Phi) is 4.80. The van der Waals surface area contributed by atoms with Crippen LogP contribution in [0.4, 0.5) is 0 Å². The van der Waals surface area contributed by atoms with Crippen molar-refractivity contribution in [1.29, 1.82) is 5.26 Å². The monoisotopic (exact) mass is 222 g/mol. The molecule has 0 N–H and O–H groups in total. The van der Waals surface area contributed by atoms with Gasteiger partial charge in [-0.15, -0.1) is 0 Å². The highest BCUT2D eigenvalue weighted by atomic mass is 15.2. The average molecular weight is 222 g/mol. The summed E-state index contributed by atoms with van der Waals surface area (Å²) in [5.41, 5.74) is 0. The fraction of sp³-hybridized carbons (Fsp3) is 0.929. The Hall–Kier alpha value is -0.550. The molecule has 0 aromatic carbocycles. The Morgan fingerprint density at radius 1 is 1.25 bits per heavy atom. The maximum atomic E-state index is 9.24. The van der Waals surface area contributed by atoms with Crippen LogP contribution in [0.15, 0.2) is 0 Å². The molecule has 1 aliphatic carbocycles. The summed E-state index contributed by atoms with van der Waals surface area (Å²) < 4.78 is 0. The van der Waals surface area contributed by atoms with Crippen LogP contribution in [0.5, 0.6) is 0 Å². The van der Waals surface area contributed by atoms with E-state index < -0.39 is 0 Å². The summed E-state index contributed by atoms with van der Waals surface area (Å²) >= 11 is 0. The number of hydrogen-bond donors (Lipinski definition) is 0. The largest absolute Gasteiger partial charge is 0.299 e. The first-order chi connectivity index (χ1) is 7.47. The smallest absolute Gasteiger partial charge is 0.0672 e. The van der Waals surface area contributed by atoms with Crippen molar-refractivity contribution >= 4 is 0 Å². The van der Waals surface area contributed by atoms with Gasteiger partial charge in [0.05, 0.1) is 12.0 Å². The number of hydrogen-bond acceptors (Lipinski definition) is 2. The van der Waals surface area contributed by atoms with Crippen molar-refractivity contribution in [2.75, 3.05) is 7.05 Å². The Balaban J connectivity index is 2.71. The molecule has 4 atom stereocenters. The number of nitriles is 1. The van der Waals surface area contributed by atoms with Gasteiger partial charge in [0.1, 0.15) is 0 Å². The molecule has 0 aromatic heterocycles. The minimum Gasteiger partial charge on any atom is -0.299 e. The van der Waals surface area contributed by atoms with Crippen molar-refractivity contribution in [3.05, 3.63) is 0 Å². The molecule has 1 fully saturated rings. The van der Waals surface area contributed by atoms with E-state index in [1.54, 1.807) is 0 Å². The lowest BCUT2D eigenvalue weighted by Gasteiger charge is -2.41. The van der Waals surface area contributed by atoms with Gasteiger partial charge in [-0.2, -0.15) is 5.26 Å². The first kappa shape index (κ1) is 13.5. The summed E-state index contributed by atoms with van der Waals surface area (Å²) in [7, 11) is 2.19. The minimum atomic E-state index is 0.238. The average Bonchev–Trinajstić information content (AvgIpc) is 2.26. The highest BCUT2D eigenvalue weighted by Crippen LogP contribution is 2.32. The van der Waals surface area contributed by atoms with Gasteiger partial charge < -0.3 is 0 Å². The molecular formula is C14H26N2. The normalized spacial score (nSPS) is 32.8. The Morgan fingerprint density at radius 2 is 1.88 bits per heavy atom. The summed E-state index contributed by atoms with van der Waals surface area (Å²) in [6, 6.07) is 3.53. The van der Waals surface area contributed by atoms with E-state index in [1.807, 2.05) is 0 Å². The van der Waals surface area contributed by atoms with E-state index in [9.17, 15) is 5.26 Å². The molecule has 0 bridgehead atoms. The lowest BCUT2D eigenvalue weighted by atomic mass is 9.78. The van der Waals surface area contributed by atoms with E-state index in [2.05, 4.69) is 45.7 Å². The third-order valence-electron chi connectivity index (χ3n) is 4.37. The van der Waals surface area contributed by atoms with Crippen molar-refractivity contribution in [1.82, 2.24) is 4.90 Å². The molecular weight excluding hydrogens is 196 g/mol. The summed E-state index contributed by atoms with van der Waals surface area (Å²) in [4.78, 5) is 2.44. The SMILES string of the molecule is CC1CCC(C#N)C(N(C)C(C)C(C)C)C1. The van der Waals surface area contributed by atoms with Crippen LogP contribution in [0.25, 0.3) is 0 Å². The van der Waals surface area contributed by atoms with Gasteiger partial charge in [0.2, 0.25) is 0 Å². The molecule has 1 rings (SSSR count). The van der Waals surface area contributed by atoms with Gasteiger partial charge in [0.15, 0.2) is 0 Å². The van der Waals surface area contributed by atoms with Crippen molar-refractivity contribution in [3.8, 4) is 6.07 Å². The van der Waals surface area contributed by atoms with E-state index in [1.165, 1.54) is 12.8 Å². The number of rotatable bonds is 3. The highest BCUT2D eigenvalue weighted by Gasteiger charge is 2.33. The van der Waals surface area contributed by atoms with Gasteiger partial charge in [0.25, 0.3) is 0 Å². The van der Waals surface area contributed by atoms with Crippen molar-refractivity contribution < 1.29 is 0 Å². The van der Waals surface area contributed by atoms with Gasteiger partial charge in [-0.25, -0.2) is 0 Å². The third-order valence-corrected chi connectivity index (χ3v) is 4.37. The Morgan fingerprint density at radius 3 is 2.38 bits per heavy atom. The topological polar surface area (TPSA) is 27.0 Å². The van der Waals surface area contributed by atoms with E-state index in [-0.39, 0.29) is 5.92 Å². The predicted molar refractivity (Wildman–Crippen MR) is 68.0 cm³/mol. The van der Waals surface area contributed by atoms with Crippen LogP contribution >= 0.6 is 0 Å². The lowest BCUT2D eigenvalue weighted by Crippen LogP contribution is -2.47. The molecule has 1 aliphatic rings. The zero-order chi connectivity index (χ0) is 12.3. The molecule has 0 amide bonds. The molecule has 4 unspecified atom stereocenters. The van der Waals surface area contributed by atoms with Crippen molar-refractivity contribution in [3.63, 3.8) is 0 Å². The first-order valence-corrected chi connectivity index (χ1v) is 6.58. The zero-order valence-corrected chi connectivity index (χ0v) is 11.4. The molecule has 1 saturated carbocycles. The molecule has 0 aromatic rings. The molecule has 2 nitrogen and oxygen atoms in total. The Labute approximate surface area is 101 Å². The van der Waals surface area contributed by atoms with Crippen molar-refractivity contribution in [2.24, 2.45) is 17.8 Å². The van der Waals surface area contributed by atoms with Gasteiger partial charge in [-0.05, 0) is 45.1 Å². The second-order valence-electron chi connectivity index (χ2n) is 5.87. The van der Waals surface area contributed by atoms with Crippen LogP contribution in [-0.4, -0.2) is 24.0 Å². The van der Waals surface area contributed by atoms with Crippen LogP contribution < -0.4 is 0 Å². The third kappa shape index (κ3) is 2.98. The summed E-state index contributed by atoms with van der Waals surface area (Å²) in [5, 5.41) is 9.24. The van der Waals surface area contributed by atoms with Crippen LogP contribution in [0.1, 0.15) is 47.0 Å². The summed E-state index contributed by atoms with van der Waals surface area (Å²) in [6.07, 6.45) is 3.49. The maximum Gasteiger partial charge on any atom is 0.0672 e. The highest BCUT2D eigenvalue weighted by molar-refractivity contribution is 4.97. The predicted octanol–water partition coefficient (Wildman–Crippen LogP) is 3.29. The fourth-order valence-electron chi connectivity index (χ4n) is 2.72. The van der Waals surface area contributed by atoms with Crippen LogP contribution in [-0.2, 0) is 0 Å². The molecule has 0 spiro atoms. The van der Waals surface area contributed by atoms with Crippen LogP contribution in [0, 0.1) is 29.1 Å². The minimum absolute atomic E-state index is 0.238. The molecule has 16 heavy (non-hydrogen) atoms. The van der Waals surface area contributed by atoms with E-state index in [4.69, 9.17) is 0 Å². The van der Waals surface area contributed by atoms with Gasteiger partial charge >= 0.3 is 0 Å². The van der Waals surface area contributed by atoms with Crippen LogP contribution in [0.2, 0.25) is 0 Å². The number of nitrogens with zero attached hydrogens (tertiary/aromatic N) is 2. The lowest BCUT2D eigenvalue weighted by molar-refractivity contribution is 0.0786.